The molecule has 1 N–H and O–H groups in total. The van der Waals surface area contributed by atoms with E-state index in [1.54, 1.807) is 0 Å². The van der Waals surface area contributed by atoms with Crippen molar-refractivity contribution in [1.82, 2.24) is 9.55 Å². The van der Waals surface area contributed by atoms with E-state index in [0.29, 0.717) is 6.54 Å². The molecule has 1 fully saturated rings. The van der Waals surface area contributed by atoms with Crippen molar-refractivity contribution >= 4 is 23.0 Å². The third-order valence-electron chi connectivity index (χ3n) is 4.14. The van der Waals surface area contributed by atoms with Crippen LogP contribution in [0.1, 0.15) is 26.2 Å². The zero-order valence-electron chi connectivity index (χ0n) is 12.3. The lowest BCUT2D eigenvalue weighted by Crippen LogP contribution is -2.40. The van der Waals surface area contributed by atoms with E-state index in [0.717, 1.165) is 49.3 Å². The molecule has 21 heavy (non-hydrogen) atoms. The zero-order valence-corrected chi connectivity index (χ0v) is 12.3. The minimum absolute atomic E-state index is 0.284. The monoisotopic (exact) mass is 287 g/mol. The number of aromatic nitrogens is 2. The van der Waals surface area contributed by atoms with Gasteiger partial charge in [0.05, 0.1) is 17.0 Å². The SMILES string of the molecule is CCCn1c(N2CCCC(C(=O)O)C2)nc2ccccc21. The molecule has 1 aromatic heterocycles. The van der Waals surface area contributed by atoms with Crippen molar-refractivity contribution < 1.29 is 9.90 Å². The van der Waals surface area contributed by atoms with Crippen molar-refractivity contribution in [2.24, 2.45) is 5.92 Å². The van der Waals surface area contributed by atoms with Gasteiger partial charge >= 0.3 is 5.97 Å². The van der Waals surface area contributed by atoms with Gasteiger partial charge in [0.1, 0.15) is 0 Å². The van der Waals surface area contributed by atoms with E-state index in [1.165, 1.54) is 0 Å². The van der Waals surface area contributed by atoms with E-state index < -0.39 is 5.97 Å². The van der Waals surface area contributed by atoms with Crippen LogP contribution in [0.15, 0.2) is 24.3 Å². The molecule has 1 aromatic carbocycles. The molecule has 2 aromatic rings. The summed E-state index contributed by atoms with van der Waals surface area (Å²) in [5.41, 5.74) is 2.12. The second-order valence-electron chi connectivity index (χ2n) is 5.68. The third kappa shape index (κ3) is 2.60. The fourth-order valence-electron chi connectivity index (χ4n) is 3.11. The summed E-state index contributed by atoms with van der Waals surface area (Å²) in [6.45, 7) is 4.50. The number of carbonyl (C=O) groups is 1. The summed E-state index contributed by atoms with van der Waals surface area (Å²) < 4.78 is 2.22. The first kappa shape index (κ1) is 13.9. The summed E-state index contributed by atoms with van der Waals surface area (Å²) in [5, 5.41) is 9.26. The molecule has 0 spiro atoms. The first-order chi connectivity index (χ1) is 10.2. The van der Waals surface area contributed by atoms with Crippen LogP contribution < -0.4 is 4.90 Å². The van der Waals surface area contributed by atoms with E-state index in [-0.39, 0.29) is 5.92 Å². The molecule has 1 aliphatic heterocycles. The number of carboxylic acids is 1. The normalized spacial score (nSPS) is 19.1. The molecular formula is C16H21N3O2. The average Bonchev–Trinajstić information content (AvgIpc) is 2.87. The second kappa shape index (κ2) is 5.76. The van der Waals surface area contributed by atoms with E-state index in [9.17, 15) is 9.90 Å². The van der Waals surface area contributed by atoms with Gasteiger partial charge in [-0.1, -0.05) is 19.1 Å². The number of aliphatic carboxylic acids is 1. The largest absolute Gasteiger partial charge is 0.481 e. The van der Waals surface area contributed by atoms with Crippen LogP contribution in [0.4, 0.5) is 5.95 Å². The maximum Gasteiger partial charge on any atom is 0.308 e. The maximum atomic E-state index is 11.3. The molecule has 1 aliphatic rings. The van der Waals surface area contributed by atoms with Gasteiger partial charge in [0.2, 0.25) is 5.95 Å². The Kier molecular flexibility index (Phi) is 3.82. The Morgan fingerprint density at radius 1 is 1.43 bits per heavy atom. The van der Waals surface area contributed by atoms with Crippen LogP contribution in [0.2, 0.25) is 0 Å². The molecule has 112 valence electrons. The van der Waals surface area contributed by atoms with Gasteiger partial charge in [-0.05, 0) is 31.4 Å². The first-order valence-corrected chi connectivity index (χ1v) is 7.63. The van der Waals surface area contributed by atoms with Gasteiger partial charge in [-0.3, -0.25) is 4.79 Å². The number of para-hydroxylation sites is 2. The Labute approximate surface area is 124 Å². The molecule has 1 atom stereocenters. The summed E-state index contributed by atoms with van der Waals surface area (Å²) in [6.07, 6.45) is 2.70. The number of fused-ring (bicyclic) bond motifs is 1. The number of anilines is 1. The molecule has 1 unspecified atom stereocenters. The van der Waals surface area contributed by atoms with Crippen LogP contribution in [0.3, 0.4) is 0 Å². The molecule has 2 heterocycles. The highest BCUT2D eigenvalue weighted by Gasteiger charge is 2.28. The Morgan fingerprint density at radius 3 is 3.00 bits per heavy atom. The first-order valence-electron chi connectivity index (χ1n) is 7.63. The van der Waals surface area contributed by atoms with Crippen LogP contribution in [0, 0.1) is 5.92 Å². The fourth-order valence-corrected chi connectivity index (χ4v) is 3.11. The van der Waals surface area contributed by atoms with E-state index >= 15 is 0 Å². The van der Waals surface area contributed by atoms with Gasteiger partial charge in [-0.25, -0.2) is 4.98 Å². The summed E-state index contributed by atoms with van der Waals surface area (Å²) in [7, 11) is 0. The number of hydrogen-bond donors (Lipinski definition) is 1. The molecule has 0 bridgehead atoms. The molecule has 3 rings (SSSR count). The lowest BCUT2D eigenvalue weighted by Gasteiger charge is -2.31. The van der Waals surface area contributed by atoms with Crippen molar-refractivity contribution in [2.45, 2.75) is 32.7 Å². The fraction of sp³-hybridized carbons (Fsp3) is 0.500. The number of piperidine rings is 1. The number of carboxylic acid groups (broad SMARTS) is 1. The molecule has 5 heteroatoms. The number of hydrogen-bond acceptors (Lipinski definition) is 3. The van der Waals surface area contributed by atoms with Crippen LogP contribution >= 0.6 is 0 Å². The quantitative estimate of drug-likeness (QED) is 0.939. The molecule has 0 aliphatic carbocycles. The van der Waals surface area contributed by atoms with Crippen molar-refractivity contribution in [3.8, 4) is 0 Å². The van der Waals surface area contributed by atoms with Crippen molar-refractivity contribution in [3.05, 3.63) is 24.3 Å². The molecular weight excluding hydrogens is 266 g/mol. The number of nitrogens with zero attached hydrogens (tertiary/aromatic N) is 3. The van der Waals surface area contributed by atoms with Gasteiger partial charge < -0.3 is 14.6 Å². The van der Waals surface area contributed by atoms with Crippen molar-refractivity contribution in [2.75, 3.05) is 18.0 Å². The molecule has 0 radical (unpaired) electrons. The minimum atomic E-state index is -0.696. The van der Waals surface area contributed by atoms with E-state index in [1.807, 2.05) is 18.2 Å². The average molecular weight is 287 g/mol. The lowest BCUT2D eigenvalue weighted by atomic mass is 9.99. The van der Waals surface area contributed by atoms with Crippen LogP contribution in [-0.4, -0.2) is 33.7 Å². The highest BCUT2D eigenvalue weighted by Crippen LogP contribution is 2.27. The number of benzene rings is 1. The Hall–Kier alpha value is -2.04. The van der Waals surface area contributed by atoms with E-state index in [4.69, 9.17) is 4.98 Å². The Morgan fingerprint density at radius 2 is 2.24 bits per heavy atom. The Bertz CT molecular complexity index is 650. The van der Waals surface area contributed by atoms with Crippen LogP contribution in [0.5, 0.6) is 0 Å². The Balaban J connectivity index is 1.98. The van der Waals surface area contributed by atoms with Crippen LogP contribution in [-0.2, 0) is 11.3 Å². The topological polar surface area (TPSA) is 58.4 Å². The second-order valence-corrected chi connectivity index (χ2v) is 5.68. The number of aryl methyl sites for hydroxylation is 1. The zero-order chi connectivity index (χ0) is 14.8. The predicted octanol–water partition coefficient (Wildman–Crippen LogP) is 2.75. The standard InChI is InChI=1S/C16H21N3O2/c1-2-9-19-14-8-4-3-7-13(14)17-16(19)18-10-5-6-12(11-18)15(20)21/h3-4,7-8,12H,2,5-6,9-11H2,1H3,(H,20,21). The van der Waals surface area contributed by atoms with Crippen molar-refractivity contribution in [3.63, 3.8) is 0 Å². The smallest absolute Gasteiger partial charge is 0.308 e. The molecule has 0 saturated carbocycles. The highest BCUT2D eigenvalue weighted by molar-refractivity contribution is 5.79. The summed E-state index contributed by atoms with van der Waals surface area (Å²) in [6, 6.07) is 8.12. The molecule has 5 nitrogen and oxygen atoms in total. The minimum Gasteiger partial charge on any atom is -0.481 e. The molecule has 0 amide bonds. The maximum absolute atomic E-state index is 11.3. The van der Waals surface area contributed by atoms with Gasteiger partial charge in [0.15, 0.2) is 0 Å². The van der Waals surface area contributed by atoms with Gasteiger partial charge in [0, 0.05) is 19.6 Å². The summed E-state index contributed by atoms with van der Waals surface area (Å²) >= 11 is 0. The lowest BCUT2D eigenvalue weighted by molar-refractivity contribution is -0.141. The van der Waals surface area contributed by atoms with Crippen LogP contribution in [0.25, 0.3) is 11.0 Å². The predicted molar refractivity (Wildman–Crippen MR) is 82.6 cm³/mol. The number of imidazole rings is 1. The number of rotatable bonds is 4. The van der Waals surface area contributed by atoms with E-state index in [2.05, 4.69) is 22.5 Å². The van der Waals surface area contributed by atoms with Crippen molar-refractivity contribution in [1.29, 1.82) is 0 Å². The summed E-state index contributed by atoms with van der Waals surface area (Å²) in [4.78, 5) is 18.1. The van der Waals surface area contributed by atoms with Gasteiger partial charge in [-0.2, -0.15) is 0 Å². The summed E-state index contributed by atoms with van der Waals surface area (Å²) in [5.74, 6) is -0.0597. The third-order valence-corrected chi connectivity index (χ3v) is 4.14. The molecule has 1 saturated heterocycles. The highest BCUT2D eigenvalue weighted by atomic mass is 16.4. The van der Waals surface area contributed by atoms with Gasteiger partial charge in [-0.15, -0.1) is 0 Å². The van der Waals surface area contributed by atoms with Gasteiger partial charge in [0.25, 0.3) is 0 Å².